The van der Waals surface area contributed by atoms with E-state index in [1.807, 2.05) is 0 Å². The molecule has 0 spiro atoms. The van der Waals surface area contributed by atoms with Gasteiger partial charge in [0.15, 0.2) is 0 Å². The fourth-order valence-electron chi connectivity index (χ4n) is 0.147. The highest BCUT2D eigenvalue weighted by atomic mass is 31.2. The van der Waals surface area contributed by atoms with Crippen LogP contribution in [0.1, 0.15) is 0 Å². The van der Waals surface area contributed by atoms with E-state index in [4.69, 9.17) is 10.6 Å². The lowest BCUT2D eigenvalue weighted by Gasteiger charge is -2.04. The van der Waals surface area contributed by atoms with Gasteiger partial charge in [0.25, 0.3) is 0 Å². The van der Waals surface area contributed by atoms with Gasteiger partial charge < -0.3 is 10.6 Å². The Morgan fingerprint density at radius 2 is 2.38 bits per heavy atom. The number of hydrogen-bond donors (Lipinski definition) is 2. The van der Waals surface area contributed by atoms with Crippen LogP contribution in [0.5, 0.6) is 0 Å². The summed E-state index contributed by atoms with van der Waals surface area (Å²) in [5.74, 6) is 0. The highest BCUT2D eigenvalue weighted by Crippen LogP contribution is 2.40. The van der Waals surface area contributed by atoms with Gasteiger partial charge in [-0.2, -0.15) is 0 Å². The summed E-state index contributed by atoms with van der Waals surface area (Å²) in [5, 5.41) is 0. The Morgan fingerprint density at radius 1 is 1.88 bits per heavy atom. The van der Waals surface area contributed by atoms with Gasteiger partial charge in [-0.1, -0.05) is 0 Å². The number of phosphoric ester groups is 1. The van der Waals surface area contributed by atoms with Crippen molar-refractivity contribution >= 4 is 7.82 Å². The summed E-state index contributed by atoms with van der Waals surface area (Å²) in [6, 6.07) is 0. The van der Waals surface area contributed by atoms with E-state index in [-0.39, 0.29) is 6.73 Å². The smallest absolute Gasteiger partial charge is 0.308 e. The monoisotopic (exact) mass is 141 g/mol. The van der Waals surface area contributed by atoms with Crippen molar-refractivity contribution in [2.75, 3.05) is 13.8 Å². The van der Waals surface area contributed by atoms with Gasteiger partial charge >= 0.3 is 7.82 Å². The van der Waals surface area contributed by atoms with Crippen LogP contribution in [0, 0.1) is 0 Å². The molecule has 0 saturated carbocycles. The van der Waals surface area contributed by atoms with Crippen molar-refractivity contribution in [2.24, 2.45) is 5.73 Å². The predicted octanol–water partition coefficient (Wildman–Crippen LogP) is -0.334. The van der Waals surface area contributed by atoms with E-state index in [1.165, 1.54) is 0 Å². The van der Waals surface area contributed by atoms with E-state index >= 15 is 0 Å². The minimum absolute atomic E-state index is 0.318. The van der Waals surface area contributed by atoms with Crippen molar-refractivity contribution in [2.45, 2.75) is 0 Å². The van der Waals surface area contributed by atoms with Gasteiger partial charge in [0, 0.05) is 7.11 Å². The van der Waals surface area contributed by atoms with Crippen molar-refractivity contribution in [3.8, 4) is 0 Å². The Bertz CT molecular complexity index is 104. The second-order valence-corrected chi connectivity index (χ2v) is 2.51. The second-order valence-electron chi connectivity index (χ2n) is 0.947. The lowest BCUT2D eigenvalue weighted by molar-refractivity contribution is 0.177. The fourth-order valence-corrected chi connectivity index (χ4v) is 0.441. The first-order valence-corrected chi connectivity index (χ1v) is 3.35. The van der Waals surface area contributed by atoms with E-state index in [0.717, 1.165) is 7.11 Å². The third kappa shape index (κ3) is 3.12. The predicted molar refractivity (Wildman–Crippen MR) is 27.0 cm³/mol. The normalized spacial score (nSPS) is 17.9. The molecule has 0 aliphatic carbocycles. The Hall–Kier alpha value is 0.0700. The Balaban J connectivity index is 3.55. The molecule has 1 atom stereocenters. The summed E-state index contributed by atoms with van der Waals surface area (Å²) in [4.78, 5) is 8.35. The molecule has 50 valence electrons. The van der Waals surface area contributed by atoms with Crippen molar-refractivity contribution in [1.29, 1.82) is 0 Å². The molecule has 0 aromatic carbocycles. The molecule has 8 heavy (non-hydrogen) atoms. The topological polar surface area (TPSA) is 81.8 Å². The maximum atomic E-state index is 10.2. The van der Waals surface area contributed by atoms with Gasteiger partial charge in [-0.25, -0.2) is 4.57 Å². The Kier molecular flexibility index (Phi) is 3.19. The van der Waals surface area contributed by atoms with E-state index in [1.54, 1.807) is 0 Å². The van der Waals surface area contributed by atoms with Crippen LogP contribution >= 0.6 is 7.82 Å². The van der Waals surface area contributed by atoms with Crippen LogP contribution in [0.3, 0.4) is 0 Å². The standard InChI is InChI=1S/C2H8NO4P/c1-6-8(4,5)7-2-3/h2-3H2,1H3,(H,4,5). The first-order valence-electron chi connectivity index (χ1n) is 1.85. The number of nitrogens with two attached hydrogens (primary N) is 1. The molecule has 0 aromatic heterocycles. The summed E-state index contributed by atoms with van der Waals surface area (Å²) >= 11 is 0. The van der Waals surface area contributed by atoms with Gasteiger partial charge in [-0.15, -0.1) is 0 Å². The number of rotatable bonds is 3. The molecule has 6 heteroatoms. The van der Waals surface area contributed by atoms with Crippen molar-refractivity contribution in [3.05, 3.63) is 0 Å². The minimum atomic E-state index is -3.80. The molecule has 0 aliphatic rings. The molecular weight excluding hydrogens is 133 g/mol. The molecule has 0 heterocycles. The SMILES string of the molecule is COP(=O)(O)OCN. The fraction of sp³-hybridized carbons (Fsp3) is 1.00. The molecule has 3 N–H and O–H groups in total. The molecule has 0 aromatic rings. The molecule has 0 amide bonds. The number of hydrogen-bond acceptors (Lipinski definition) is 4. The van der Waals surface area contributed by atoms with Crippen molar-refractivity contribution in [1.82, 2.24) is 0 Å². The van der Waals surface area contributed by atoms with E-state index < -0.39 is 7.82 Å². The van der Waals surface area contributed by atoms with Crippen LogP contribution in [0.25, 0.3) is 0 Å². The molecule has 0 radical (unpaired) electrons. The largest absolute Gasteiger partial charge is 0.473 e. The first kappa shape index (κ1) is 8.07. The summed E-state index contributed by atoms with van der Waals surface area (Å²) in [6.45, 7) is -0.318. The van der Waals surface area contributed by atoms with Gasteiger partial charge in [-0.3, -0.25) is 9.05 Å². The molecule has 0 saturated heterocycles. The minimum Gasteiger partial charge on any atom is -0.308 e. The zero-order valence-electron chi connectivity index (χ0n) is 4.40. The third-order valence-electron chi connectivity index (χ3n) is 0.468. The molecule has 0 fully saturated rings. The highest BCUT2D eigenvalue weighted by molar-refractivity contribution is 7.47. The second kappa shape index (κ2) is 3.17. The van der Waals surface area contributed by atoms with E-state index in [0.29, 0.717) is 0 Å². The van der Waals surface area contributed by atoms with Gasteiger partial charge in [0.05, 0.1) is 0 Å². The van der Waals surface area contributed by atoms with Crippen LogP contribution in [0.4, 0.5) is 0 Å². The summed E-state index contributed by atoms with van der Waals surface area (Å²) in [7, 11) is -2.73. The van der Waals surface area contributed by atoms with Crippen LogP contribution < -0.4 is 5.73 Å². The van der Waals surface area contributed by atoms with Crippen LogP contribution in [0.15, 0.2) is 0 Å². The van der Waals surface area contributed by atoms with Gasteiger partial charge in [-0.05, 0) is 0 Å². The van der Waals surface area contributed by atoms with Crippen LogP contribution in [-0.4, -0.2) is 18.7 Å². The number of phosphoric acid groups is 1. The quantitative estimate of drug-likeness (QED) is 0.415. The lowest BCUT2D eigenvalue weighted by atomic mass is 11.4. The first-order chi connectivity index (χ1) is 3.62. The van der Waals surface area contributed by atoms with E-state index in [2.05, 4.69) is 9.05 Å². The highest BCUT2D eigenvalue weighted by Gasteiger charge is 2.15. The Labute approximate surface area is 47.0 Å². The molecule has 0 bridgehead atoms. The molecule has 0 aliphatic heterocycles. The summed E-state index contributed by atoms with van der Waals surface area (Å²) in [6.07, 6.45) is 0. The maximum absolute atomic E-state index is 10.2. The van der Waals surface area contributed by atoms with E-state index in [9.17, 15) is 4.57 Å². The Morgan fingerprint density at radius 3 is 2.50 bits per heavy atom. The average Bonchev–Trinajstić information content (AvgIpc) is 1.67. The van der Waals surface area contributed by atoms with Crippen LogP contribution in [-0.2, 0) is 13.6 Å². The van der Waals surface area contributed by atoms with Gasteiger partial charge in [0.1, 0.15) is 6.73 Å². The third-order valence-corrected chi connectivity index (χ3v) is 1.41. The summed E-state index contributed by atoms with van der Waals surface area (Å²) in [5.41, 5.74) is 4.76. The van der Waals surface area contributed by atoms with Crippen molar-refractivity contribution in [3.63, 3.8) is 0 Å². The van der Waals surface area contributed by atoms with Crippen molar-refractivity contribution < 1.29 is 18.5 Å². The molecule has 0 rings (SSSR count). The lowest BCUT2D eigenvalue weighted by Crippen LogP contribution is -2.02. The molecule has 1 unspecified atom stereocenters. The maximum Gasteiger partial charge on any atom is 0.473 e. The average molecular weight is 141 g/mol. The van der Waals surface area contributed by atoms with Gasteiger partial charge in [0.2, 0.25) is 0 Å². The zero-order chi connectivity index (χ0) is 6.62. The van der Waals surface area contributed by atoms with Crippen LogP contribution in [0.2, 0.25) is 0 Å². The molecule has 5 nitrogen and oxygen atoms in total. The zero-order valence-corrected chi connectivity index (χ0v) is 5.30. The summed E-state index contributed by atoms with van der Waals surface area (Å²) < 4.78 is 18.2. The molecular formula is C2H8NO4P.